The van der Waals surface area contributed by atoms with Crippen molar-refractivity contribution in [2.45, 2.75) is 44.8 Å². The first kappa shape index (κ1) is 13.5. The number of aliphatic hydroxyl groups is 1. The largest absolute Gasteiger partial charge is 0.393 e. The number of aliphatic hydroxyl groups excluding tert-OH is 1. The zero-order valence-corrected chi connectivity index (χ0v) is 12.6. The van der Waals surface area contributed by atoms with Crippen molar-refractivity contribution in [2.75, 3.05) is 6.54 Å². The molecule has 1 saturated carbocycles. The van der Waals surface area contributed by atoms with E-state index in [0.717, 1.165) is 19.4 Å². The van der Waals surface area contributed by atoms with Crippen molar-refractivity contribution < 1.29 is 5.11 Å². The molecule has 3 atom stereocenters. The van der Waals surface area contributed by atoms with E-state index in [0.29, 0.717) is 12.0 Å². The third kappa shape index (κ3) is 4.05. The summed E-state index contributed by atoms with van der Waals surface area (Å²) >= 11 is 5.28. The molecule has 17 heavy (non-hydrogen) atoms. The van der Waals surface area contributed by atoms with Gasteiger partial charge < -0.3 is 10.4 Å². The number of halogens is 1. The lowest BCUT2D eigenvalue weighted by molar-refractivity contribution is 0.0998. The van der Waals surface area contributed by atoms with Gasteiger partial charge in [-0.25, -0.2) is 0 Å². The van der Waals surface area contributed by atoms with Crippen LogP contribution in [0.1, 0.15) is 43.5 Å². The Hall–Kier alpha value is 0.1000. The summed E-state index contributed by atoms with van der Waals surface area (Å²) in [7, 11) is 0. The fourth-order valence-electron chi connectivity index (χ4n) is 2.45. The molecule has 1 fully saturated rings. The van der Waals surface area contributed by atoms with E-state index in [4.69, 9.17) is 0 Å². The van der Waals surface area contributed by atoms with Gasteiger partial charge in [0.15, 0.2) is 0 Å². The molecule has 1 aliphatic rings. The predicted octanol–water partition coefficient (Wildman–Crippen LogP) is 3.71. The van der Waals surface area contributed by atoms with Crippen molar-refractivity contribution >= 4 is 27.3 Å². The summed E-state index contributed by atoms with van der Waals surface area (Å²) in [4.78, 5) is 1.37. The monoisotopic (exact) mass is 317 g/mol. The van der Waals surface area contributed by atoms with Gasteiger partial charge in [-0.1, -0.05) is 6.42 Å². The van der Waals surface area contributed by atoms with Gasteiger partial charge in [-0.3, -0.25) is 0 Å². The van der Waals surface area contributed by atoms with Crippen LogP contribution < -0.4 is 5.32 Å². The summed E-state index contributed by atoms with van der Waals surface area (Å²) < 4.78 is 1.19. The van der Waals surface area contributed by atoms with Crippen LogP contribution in [0, 0.1) is 5.92 Å². The van der Waals surface area contributed by atoms with Gasteiger partial charge >= 0.3 is 0 Å². The van der Waals surface area contributed by atoms with E-state index in [1.54, 1.807) is 11.3 Å². The van der Waals surface area contributed by atoms with Crippen molar-refractivity contribution in [1.82, 2.24) is 5.32 Å². The standard InChI is InChI=1S/C13H20BrNOS/c1-9(12-5-6-13(14)17-12)15-8-10-3-2-4-11(16)7-10/h5-6,9-11,15-16H,2-4,7-8H2,1H3/t9-,10-,11+/m0/s1. The minimum atomic E-state index is -0.0678. The molecule has 1 aromatic heterocycles. The summed E-state index contributed by atoms with van der Waals surface area (Å²) in [5, 5.41) is 13.2. The van der Waals surface area contributed by atoms with Crippen molar-refractivity contribution in [3.05, 3.63) is 20.8 Å². The van der Waals surface area contributed by atoms with Gasteiger partial charge in [0.1, 0.15) is 0 Å². The molecule has 0 unspecified atom stereocenters. The van der Waals surface area contributed by atoms with Gasteiger partial charge in [0.05, 0.1) is 9.89 Å². The lowest BCUT2D eigenvalue weighted by Gasteiger charge is -2.27. The van der Waals surface area contributed by atoms with Gasteiger partial charge in [-0.2, -0.15) is 0 Å². The minimum absolute atomic E-state index is 0.0678. The van der Waals surface area contributed by atoms with E-state index in [2.05, 4.69) is 40.3 Å². The summed E-state index contributed by atoms with van der Waals surface area (Å²) in [5.74, 6) is 0.643. The smallest absolute Gasteiger partial charge is 0.0701 e. The topological polar surface area (TPSA) is 32.3 Å². The molecular formula is C13H20BrNOS. The Morgan fingerprint density at radius 1 is 1.53 bits per heavy atom. The fourth-order valence-corrected chi connectivity index (χ4v) is 3.90. The molecular weight excluding hydrogens is 298 g/mol. The van der Waals surface area contributed by atoms with Crippen LogP contribution in [0.25, 0.3) is 0 Å². The molecule has 1 aromatic rings. The maximum atomic E-state index is 9.63. The van der Waals surface area contributed by atoms with E-state index in [9.17, 15) is 5.11 Å². The molecule has 0 spiro atoms. The summed E-state index contributed by atoms with van der Waals surface area (Å²) in [6.07, 6.45) is 4.32. The predicted molar refractivity (Wildman–Crippen MR) is 76.4 cm³/mol. The maximum Gasteiger partial charge on any atom is 0.0701 e. The maximum absolute atomic E-state index is 9.63. The summed E-state index contributed by atoms with van der Waals surface area (Å²) in [5.41, 5.74) is 0. The summed E-state index contributed by atoms with van der Waals surface area (Å²) in [6.45, 7) is 3.23. The normalized spacial score (nSPS) is 27.0. The number of nitrogens with one attached hydrogen (secondary N) is 1. The Morgan fingerprint density at radius 3 is 3.00 bits per heavy atom. The van der Waals surface area contributed by atoms with Crippen LogP contribution in [0.5, 0.6) is 0 Å². The first-order valence-electron chi connectivity index (χ1n) is 6.32. The fraction of sp³-hybridized carbons (Fsp3) is 0.692. The molecule has 0 radical (unpaired) electrons. The molecule has 2 nitrogen and oxygen atoms in total. The molecule has 1 heterocycles. The number of rotatable bonds is 4. The average molecular weight is 318 g/mol. The Labute approximate surface area is 116 Å². The first-order valence-corrected chi connectivity index (χ1v) is 7.93. The Balaban J connectivity index is 1.77. The molecule has 0 aromatic carbocycles. The van der Waals surface area contributed by atoms with Crippen molar-refractivity contribution in [3.8, 4) is 0 Å². The summed E-state index contributed by atoms with van der Waals surface area (Å²) in [6, 6.07) is 4.68. The molecule has 2 rings (SSSR count). The Morgan fingerprint density at radius 2 is 2.35 bits per heavy atom. The average Bonchev–Trinajstić information content (AvgIpc) is 2.73. The molecule has 0 bridgehead atoms. The molecule has 0 aliphatic heterocycles. The van der Waals surface area contributed by atoms with E-state index in [1.807, 2.05) is 0 Å². The van der Waals surface area contributed by atoms with Crippen LogP contribution in [0.15, 0.2) is 15.9 Å². The second kappa shape index (κ2) is 6.32. The van der Waals surface area contributed by atoms with E-state index < -0.39 is 0 Å². The van der Waals surface area contributed by atoms with Gasteiger partial charge in [0.2, 0.25) is 0 Å². The van der Waals surface area contributed by atoms with Gasteiger partial charge in [-0.05, 0) is 66.7 Å². The SMILES string of the molecule is C[C@H](NC[C@H]1CCC[C@@H](O)C1)c1ccc(Br)s1. The highest BCUT2D eigenvalue weighted by molar-refractivity contribution is 9.11. The van der Waals surface area contributed by atoms with E-state index >= 15 is 0 Å². The van der Waals surface area contributed by atoms with Crippen LogP contribution in [0.3, 0.4) is 0 Å². The van der Waals surface area contributed by atoms with Crippen LogP contribution >= 0.6 is 27.3 Å². The first-order chi connectivity index (χ1) is 8.15. The van der Waals surface area contributed by atoms with E-state index in [-0.39, 0.29) is 6.10 Å². The zero-order chi connectivity index (χ0) is 12.3. The third-order valence-electron chi connectivity index (χ3n) is 3.49. The number of hydrogen-bond donors (Lipinski definition) is 2. The van der Waals surface area contributed by atoms with Crippen LogP contribution in [-0.4, -0.2) is 17.8 Å². The lowest BCUT2D eigenvalue weighted by atomic mass is 9.87. The Kier molecular flexibility index (Phi) is 5.03. The van der Waals surface area contributed by atoms with Gasteiger partial charge in [0.25, 0.3) is 0 Å². The highest BCUT2D eigenvalue weighted by Crippen LogP contribution is 2.28. The molecule has 1 aliphatic carbocycles. The molecule has 4 heteroatoms. The molecule has 0 amide bonds. The quantitative estimate of drug-likeness (QED) is 0.887. The Bertz CT molecular complexity index is 355. The van der Waals surface area contributed by atoms with Crippen molar-refractivity contribution in [1.29, 1.82) is 0 Å². The van der Waals surface area contributed by atoms with Crippen molar-refractivity contribution in [2.24, 2.45) is 5.92 Å². The minimum Gasteiger partial charge on any atom is -0.393 e. The van der Waals surface area contributed by atoms with Crippen molar-refractivity contribution in [3.63, 3.8) is 0 Å². The van der Waals surface area contributed by atoms with E-state index in [1.165, 1.54) is 21.5 Å². The van der Waals surface area contributed by atoms with Crippen LogP contribution in [0.2, 0.25) is 0 Å². The van der Waals surface area contributed by atoms with Crippen LogP contribution in [-0.2, 0) is 0 Å². The molecule has 0 saturated heterocycles. The lowest BCUT2D eigenvalue weighted by Crippen LogP contribution is -2.30. The zero-order valence-electron chi connectivity index (χ0n) is 10.2. The highest BCUT2D eigenvalue weighted by Gasteiger charge is 2.20. The molecule has 2 N–H and O–H groups in total. The second-order valence-corrected chi connectivity index (χ2v) is 7.45. The van der Waals surface area contributed by atoms with Gasteiger partial charge in [0, 0.05) is 10.9 Å². The third-order valence-corrected chi connectivity index (χ3v) is 5.29. The second-order valence-electron chi connectivity index (χ2n) is 4.96. The molecule has 96 valence electrons. The number of thiophene rings is 1. The van der Waals surface area contributed by atoms with Crippen LogP contribution in [0.4, 0.5) is 0 Å². The number of hydrogen-bond acceptors (Lipinski definition) is 3. The highest BCUT2D eigenvalue weighted by atomic mass is 79.9. The van der Waals surface area contributed by atoms with Gasteiger partial charge in [-0.15, -0.1) is 11.3 Å².